The van der Waals surface area contributed by atoms with Gasteiger partial charge in [-0.2, -0.15) is 0 Å². The highest BCUT2D eigenvalue weighted by Gasteiger charge is 2.11. The monoisotopic (exact) mass is 341 g/mol. The number of hydrogen-bond donors (Lipinski definition) is 1. The number of para-hydroxylation sites is 1. The number of halogens is 1. The average molecular weight is 342 g/mol. The van der Waals surface area contributed by atoms with Gasteiger partial charge in [0, 0.05) is 16.1 Å². The van der Waals surface area contributed by atoms with Crippen molar-refractivity contribution in [2.24, 2.45) is 0 Å². The van der Waals surface area contributed by atoms with E-state index in [1.807, 2.05) is 54.7 Å². The molecule has 3 rings (SSSR count). The molecule has 0 aliphatic heterocycles. The molecule has 0 saturated heterocycles. The van der Waals surface area contributed by atoms with Crippen LogP contribution in [0.25, 0.3) is 10.9 Å². The number of aliphatic hydroxyl groups is 1. The van der Waals surface area contributed by atoms with Crippen LogP contribution < -0.4 is 0 Å². The van der Waals surface area contributed by atoms with Crippen LogP contribution in [0.5, 0.6) is 0 Å². The molecule has 106 valence electrons. The van der Waals surface area contributed by atoms with E-state index in [0.717, 1.165) is 26.5 Å². The first-order chi connectivity index (χ1) is 10.2. The van der Waals surface area contributed by atoms with E-state index in [9.17, 15) is 5.11 Å². The van der Waals surface area contributed by atoms with Crippen molar-refractivity contribution in [1.29, 1.82) is 0 Å². The van der Waals surface area contributed by atoms with Crippen molar-refractivity contribution in [3.8, 4) is 0 Å². The third-order valence-electron chi connectivity index (χ3n) is 3.61. The second-order valence-electron chi connectivity index (χ2n) is 5.14. The minimum Gasteiger partial charge on any atom is -0.392 e. The minimum absolute atomic E-state index is 0.408. The highest BCUT2D eigenvalue weighted by Crippen LogP contribution is 2.21. The Labute approximate surface area is 132 Å². The third kappa shape index (κ3) is 3.31. The summed E-state index contributed by atoms with van der Waals surface area (Å²) in [4.78, 5) is 4.36. The Morgan fingerprint density at radius 3 is 2.48 bits per heavy atom. The molecular formula is C18H16BrNO. The Morgan fingerprint density at radius 1 is 0.905 bits per heavy atom. The maximum absolute atomic E-state index is 10.4. The van der Waals surface area contributed by atoms with Gasteiger partial charge < -0.3 is 5.11 Å². The number of hydrogen-bond acceptors (Lipinski definition) is 2. The molecule has 21 heavy (non-hydrogen) atoms. The van der Waals surface area contributed by atoms with Crippen LogP contribution in [-0.2, 0) is 12.8 Å². The van der Waals surface area contributed by atoms with Crippen LogP contribution in [0.2, 0.25) is 0 Å². The van der Waals surface area contributed by atoms with Gasteiger partial charge in [0.05, 0.1) is 11.6 Å². The molecule has 1 aromatic heterocycles. The van der Waals surface area contributed by atoms with E-state index in [4.69, 9.17) is 0 Å². The highest BCUT2D eigenvalue weighted by atomic mass is 79.9. The molecule has 3 aromatic rings. The van der Waals surface area contributed by atoms with Crippen molar-refractivity contribution in [3.63, 3.8) is 0 Å². The zero-order valence-electron chi connectivity index (χ0n) is 11.5. The van der Waals surface area contributed by atoms with Crippen molar-refractivity contribution in [2.75, 3.05) is 0 Å². The van der Waals surface area contributed by atoms with E-state index in [2.05, 4.69) is 27.0 Å². The van der Waals surface area contributed by atoms with Crippen LogP contribution in [0.3, 0.4) is 0 Å². The van der Waals surface area contributed by atoms with E-state index in [-0.39, 0.29) is 0 Å². The van der Waals surface area contributed by atoms with Crippen LogP contribution in [0.1, 0.15) is 11.1 Å². The van der Waals surface area contributed by atoms with Crippen LogP contribution in [0, 0.1) is 0 Å². The van der Waals surface area contributed by atoms with E-state index < -0.39 is 6.10 Å². The molecule has 1 N–H and O–H groups in total. The molecule has 0 aliphatic rings. The number of benzene rings is 2. The molecule has 0 spiro atoms. The predicted octanol–water partition coefficient (Wildman–Crippen LogP) is 4.14. The van der Waals surface area contributed by atoms with Crippen molar-refractivity contribution >= 4 is 26.8 Å². The Bertz CT molecular complexity index is 752. The van der Waals surface area contributed by atoms with Crippen LogP contribution >= 0.6 is 15.9 Å². The SMILES string of the molecule is OC(Cc1ccccc1Br)Cc1ccnc2ccccc12. The maximum atomic E-state index is 10.4. The van der Waals surface area contributed by atoms with E-state index in [1.165, 1.54) is 0 Å². The molecule has 1 heterocycles. The van der Waals surface area contributed by atoms with Crippen molar-refractivity contribution in [2.45, 2.75) is 18.9 Å². The second-order valence-corrected chi connectivity index (χ2v) is 6.00. The molecule has 2 nitrogen and oxygen atoms in total. The first kappa shape index (κ1) is 14.2. The standard InChI is InChI=1S/C18H16BrNO/c19-17-7-3-1-5-14(17)12-15(21)11-13-9-10-20-18-8-4-2-6-16(13)18/h1-10,15,21H,11-12H2. The third-order valence-corrected chi connectivity index (χ3v) is 4.38. The number of fused-ring (bicyclic) bond motifs is 1. The Balaban J connectivity index is 1.81. The summed E-state index contributed by atoms with van der Waals surface area (Å²) >= 11 is 3.53. The Morgan fingerprint density at radius 2 is 1.62 bits per heavy atom. The van der Waals surface area contributed by atoms with Gasteiger partial charge in [0.1, 0.15) is 0 Å². The fourth-order valence-corrected chi connectivity index (χ4v) is 3.02. The molecule has 3 heteroatoms. The predicted molar refractivity (Wildman–Crippen MR) is 89.3 cm³/mol. The Kier molecular flexibility index (Phi) is 4.32. The van der Waals surface area contributed by atoms with Crippen LogP contribution in [-0.4, -0.2) is 16.2 Å². The molecule has 2 aromatic carbocycles. The summed E-state index contributed by atoms with van der Waals surface area (Å²) in [6, 6.07) is 18.1. The van der Waals surface area contributed by atoms with Gasteiger partial charge in [-0.25, -0.2) is 0 Å². The number of pyridine rings is 1. The number of aromatic nitrogens is 1. The molecule has 0 saturated carbocycles. The molecular weight excluding hydrogens is 326 g/mol. The number of rotatable bonds is 4. The summed E-state index contributed by atoms with van der Waals surface area (Å²) in [5.41, 5.74) is 3.24. The molecule has 0 bridgehead atoms. The van der Waals surface area contributed by atoms with Crippen LogP contribution in [0.4, 0.5) is 0 Å². The van der Waals surface area contributed by atoms with Crippen molar-refractivity contribution in [3.05, 3.63) is 76.4 Å². The number of nitrogens with zero attached hydrogens (tertiary/aromatic N) is 1. The fraction of sp³-hybridized carbons (Fsp3) is 0.167. The smallest absolute Gasteiger partial charge is 0.0704 e. The van der Waals surface area contributed by atoms with Crippen molar-refractivity contribution in [1.82, 2.24) is 4.98 Å². The molecule has 0 amide bonds. The zero-order valence-corrected chi connectivity index (χ0v) is 13.1. The number of aliphatic hydroxyl groups excluding tert-OH is 1. The van der Waals surface area contributed by atoms with E-state index in [1.54, 1.807) is 0 Å². The van der Waals surface area contributed by atoms with Crippen LogP contribution in [0.15, 0.2) is 65.3 Å². The first-order valence-corrected chi connectivity index (χ1v) is 7.77. The lowest BCUT2D eigenvalue weighted by Crippen LogP contribution is -2.14. The lowest BCUT2D eigenvalue weighted by atomic mass is 9.99. The summed E-state index contributed by atoms with van der Waals surface area (Å²) in [5.74, 6) is 0. The maximum Gasteiger partial charge on any atom is 0.0704 e. The van der Waals surface area contributed by atoms with Gasteiger partial charge in [0.25, 0.3) is 0 Å². The van der Waals surface area contributed by atoms with Gasteiger partial charge in [-0.05, 0) is 42.2 Å². The summed E-state index contributed by atoms with van der Waals surface area (Å²) in [5, 5.41) is 11.5. The lowest BCUT2D eigenvalue weighted by Gasteiger charge is -2.13. The van der Waals surface area contributed by atoms with Gasteiger partial charge in [-0.1, -0.05) is 52.3 Å². The van der Waals surface area contributed by atoms with Gasteiger partial charge in [0.15, 0.2) is 0 Å². The summed E-state index contributed by atoms with van der Waals surface area (Å²) in [6.07, 6.45) is 2.67. The Hall–Kier alpha value is -1.71. The topological polar surface area (TPSA) is 33.1 Å². The lowest BCUT2D eigenvalue weighted by molar-refractivity contribution is 0.175. The highest BCUT2D eigenvalue weighted by molar-refractivity contribution is 9.10. The van der Waals surface area contributed by atoms with Crippen molar-refractivity contribution < 1.29 is 5.11 Å². The summed E-state index contributed by atoms with van der Waals surface area (Å²) < 4.78 is 1.05. The summed E-state index contributed by atoms with van der Waals surface area (Å²) in [6.45, 7) is 0. The molecule has 0 radical (unpaired) electrons. The van der Waals surface area contributed by atoms with E-state index >= 15 is 0 Å². The first-order valence-electron chi connectivity index (χ1n) is 6.98. The van der Waals surface area contributed by atoms with Gasteiger partial charge in [0.2, 0.25) is 0 Å². The van der Waals surface area contributed by atoms with Gasteiger partial charge in [-0.15, -0.1) is 0 Å². The van der Waals surface area contributed by atoms with Gasteiger partial charge in [-0.3, -0.25) is 4.98 Å². The van der Waals surface area contributed by atoms with Gasteiger partial charge >= 0.3 is 0 Å². The molecule has 1 atom stereocenters. The quantitative estimate of drug-likeness (QED) is 0.773. The largest absolute Gasteiger partial charge is 0.392 e. The molecule has 1 unspecified atom stereocenters. The zero-order chi connectivity index (χ0) is 14.7. The minimum atomic E-state index is -0.408. The average Bonchev–Trinajstić information content (AvgIpc) is 2.50. The van der Waals surface area contributed by atoms with E-state index in [0.29, 0.717) is 12.8 Å². The normalized spacial score (nSPS) is 12.5. The molecule has 0 aliphatic carbocycles. The molecule has 0 fully saturated rings. The second kappa shape index (κ2) is 6.37. The fourth-order valence-electron chi connectivity index (χ4n) is 2.58. The summed E-state index contributed by atoms with van der Waals surface area (Å²) in [7, 11) is 0.